The first-order chi connectivity index (χ1) is 8.86. The molecule has 1 rings (SSSR count). The van der Waals surface area contributed by atoms with Crippen molar-refractivity contribution >= 4 is 5.97 Å². The summed E-state index contributed by atoms with van der Waals surface area (Å²) >= 11 is 0. The Labute approximate surface area is 117 Å². The fourth-order valence-corrected chi connectivity index (χ4v) is 2.64. The third kappa shape index (κ3) is 4.70. The molecule has 0 aromatic carbocycles. The topological polar surface area (TPSA) is 26.3 Å². The summed E-state index contributed by atoms with van der Waals surface area (Å²) in [7, 11) is 0. The molecule has 0 fully saturated rings. The van der Waals surface area contributed by atoms with Crippen molar-refractivity contribution in [3.05, 3.63) is 34.9 Å². The highest BCUT2D eigenvalue weighted by atomic mass is 16.6. The first-order valence-electron chi connectivity index (χ1n) is 7.10. The number of esters is 1. The van der Waals surface area contributed by atoms with Crippen LogP contribution in [0.1, 0.15) is 53.9 Å². The molecule has 106 valence electrons. The van der Waals surface area contributed by atoms with Gasteiger partial charge >= 0.3 is 5.97 Å². The van der Waals surface area contributed by atoms with E-state index in [9.17, 15) is 4.79 Å². The standard InChI is InChI=1S/C17H26O2/c1-6-19-16(18)12-13(2)9-10-15-14(3)8-7-11-17(15,4)5/h9-10,12H,6-8,11H2,1-5H3/b10-9+,13-12+/i12+1,16+1. The molecule has 0 aliphatic heterocycles. The van der Waals surface area contributed by atoms with Crippen molar-refractivity contribution < 1.29 is 9.53 Å². The largest absolute Gasteiger partial charge is 0.463 e. The number of carbonyl (C=O) groups excluding carboxylic acids is 1. The lowest BCUT2D eigenvalue weighted by molar-refractivity contribution is -0.137. The van der Waals surface area contributed by atoms with E-state index < -0.39 is 0 Å². The van der Waals surface area contributed by atoms with E-state index in [1.807, 2.05) is 19.9 Å². The second-order valence-electron chi connectivity index (χ2n) is 5.91. The van der Waals surface area contributed by atoms with Crippen molar-refractivity contribution in [2.75, 3.05) is 6.61 Å². The molecule has 0 bridgehead atoms. The van der Waals surface area contributed by atoms with Crippen LogP contribution in [0, 0.1) is 5.41 Å². The first-order valence-corrected chi connectivity index (χ1v) is 7.10. The molecule has 1 aliphatic rings. The van der Waals surface area contributed by atoms with E-state index in [1.54, 1.807) is 6.08 Å². The molecule has 19 heavy (non-hydrogen) atoms. The molecule has 0 spiro atoms. The van der Waals surface area contributed by atoms with Gasteiger partial charge < -0.3 is 4.74 Å². The summed E-state index contributed by atoms with van der Waals surface area (Å²) in [5.74, 6) is -0.266. The van der Waals surface area contributed by atoms with Crippen LogP contribution >= 0.6 is 0 Å². The van der Waals surface area contributed by atoms with Crippen LogP contribution in [-0.4, -0.2) is 12.6 Å². The predicted molar refractivity (Wildman–Crippen MR) is 79.9 cm³/mol. The van der Waals surface area contributed by atoms with E-state index in [1.165, 1.54) is 30.4 Å². The Hall–Kier alpha value is -1.31. The third-order valence-electron chi connectivity index (χ3n) is 3.69. The van der Waals surface area contributed by atoms with Gasteiger partial charge in [0.2, 0.25) is 0 Å². The van der Waals surface area contributed by atoms with Crippen molar-refractivity contribution in [1.82, 2.24) is 0 Å². The fraction of sp³-hybridized carbons (Fsp3) is 0.588. The van der Waals surface area contributed by atoms with Gasteiger partial charge in [-0.15, -0.1) is 0 Å². The van der Waals surface area contributed by atoms with Crippen LogP contribution in [0.2, 0.25) is 0 Å². The van der Waals surface area contributed by atoms with E-state index in [2.05, 4.69) is 26.8 Å². The molecule has 0 radical (unpaired) electrons. The highest BCUT2D eigenvalue weighted by molar-refractivity contribution is 5.83. The van der Waals surface area contributed by atoms with Crippen molar-refractivity contribution in [1.29, 1.82) is 0 Å². The van der Waals surface area contributed by atoms with Crippen molar-refractivity contribution in [2.24, 2.45) is 5.41 Å². The van der Waals surface area contributed by atoms with Gasteiger partial charge in [-0.05, 0) is 56.6 Å². The molecule has 0 N–H and O–H groups in total. The van der Waals surface area contributed by atoms with Gasteiger partial charge in [0, 0.05) is 6.08 Å². The Bertz CT molecular complexity index is 423. The average Bonchev–Trinajstić information content (AvgIpc) is 2.27. The summed E-state index contributed by atoms with van der Waals surface area (Å²) in [4.78, 5) is 11.4. The van der Waals surface area contributed by atoms with Gasteiger partial charge in [0.1, 0.15) is 0 Å². The molecule has 0 amide bonds. The number of hydrogen-bond donors (Lipinski definition) is 0. The molecule has 0 aromatic heterocycles. The predicted octanol–water partition coefficient (Wildman–Crippen LogP) is 4.58. The number of ether oxygens (including phenoxy) is 1. The molecule has 0 saturated carbocycles. The average molecular weight is 264 g/mol. The molecular weight excluding hydrogens is 238 g/mol. The van der Waals surface area contributed by atoms with Crippen LogP contribution in [-0.2, 0) is 9.53 Å². The molecule has 0 atom stereocenters. The Kier molecular flexibility index (Phi) is 5.59. The summed E-state index contributed by atoms with van der Waals surface area (Å²) in [6.45, 7) is 11.0. The Morgan fingerprint density at radius 2 is 2.11 bits per heavy atom. The molecule has 2 heteroatoms. The lowest BCUT2D eigenvalue weighted by atomic mass is 9.72. The molecule has 1 aliphatic carbocycles. The first kappa shape index (κ1) is 15.7. The lowest BCUT2D eigenvalue weighted by Crippen LogP contribution is -2.19. The van der Waals surface area contributed by atoms with Crippen molar-refractivity contribution in [3.63, 3.8) is 0 Å². The van der Waals surface area contributed by atoms with Crippen molar-refractivity contribution in [3.8, 4) is 0 Å². The van der Waals surface area contributed by atoms with Crippen LogP contribution < -0.4 is 0 Å². The second kappa shape index (κ2) is 6.74. The Balaban J connectivity index is 2.83. The van der Waals surface area contributed by atoms with Crippen LogP contribution in [0.4, 0.5) is 0 Å². The molecule has 0 heterocycles. The Morgan fingerprint density at radius 3 is 2.68 bits per heavy atom. The Morgan fingerprint density at radius 1 is 1.42 bits per heavy atom. The summed E-state index contributed by atoms with van der Waals surface area (Å²) < 4.78 is 4.91. The van der Waals surface area contributed by atoms with Gasteiger partial charge in [-0.3, -0.25) is 0 Å². The summed E-state index contributed by atoms with van der Waals surface area (Å²) in [5, 5.41) is 0. The monoisotopic (exact) mass is 264 g/mol. The van der Waals surface area contributed by atoms with Gasteiger partial charge in [0.15, 0.2) is 0 Å². The fourth-order valence-electron chi connectivity index (χ4n) is 2.64. The molecule has 0 aromatic rings. The molecule has 2 nitrogen and oxygen atoms in total. The molecule has 0 saturated heterocycles. The highest BCUT2D eigenvalue weighted by Crippen LogP contribution is 2.40. The zero-order chi connectivity index (χ0) is 14.5. The van der Waals surface area contributed by atoms with Gasteiger partial charge in [-0.2, -0.15) is 0 Å². The van der Waals surface area contributed by atoms with E-state index in [4.69, 9.17) is 4.74 Å². The maximum atomic E-state index is 11.4. The lowest BCUT2D eigenvalue weighted by Gasteiger charge is -2.32. The number of hydrogen-bond acceptors (Lipinski definition) is 2. The maximum absolute atomic E-state index is 11.4. The number of carbonyl (C=O) groups is 1. The quantitative estimate of drug-likeness (QED) is 0.321. The van der Waals surface area contributed by atoms with E-state index in [0.717, 1.165) is 5.57 Å². The van der Waals surface area contributed by atoms with Crippen LogP contribution in [0.25, 0.3) is 0 Å². The minimum atomic E-state index is -0.266. The maximum Gasteiger partial charge on any atom is 0.330 e. The summed E-state index contributed by atoms with van der Waals surface area (Å²) in [6, 6.07) is 0. The molecule has 0 unspecified atom stereocenters. The van der Waals surface area contributed by atoms with Gasteiger partial charge in [0.25, 0.3) is 0 Å². The third-order valence-corrected chi connectivity index (χ3v) is 3.69. The summed E-state index contributed by atoms with van der Waals surface area (Å²) in [5.41, 5.74) is 4.05. The van der Waals surface area contributed by atoms with Crippen LogP contribution in [0.3, 0.4) is 0 Å². The minimum absolute atomic E-state index is 0.239. The van der Waals surface area contributed by atoms with E-state index >= 15 is 0 Å². The van der Waals surface area contributed by atoms with Crippen LogP contribution in [0.15, 0.2) is 34.9 Å². The van der Waals surface area contributed by atoms with Gasteiger partial charge in [0.05, 0.1) is 6.61 Å². The minimum Gasteiger partial charge on any atom is -0.463 e. The van der Waals surface area contributed by atoms with Gasteiger partial charge in [-0.25, -0.2) is 4.79 Å². The zero-order valence-corrected chi connectivity index (χ0v) is 12.9. The van der Waals surface area contributed by atoms with Crippen molar-refractivity contribution in [2.45, 2.75) is 53.9 Å². The zero-order valence-electron chi connectivity index (χ0n) is 12.9. The number of rotatable bonds is 4. The number of allylic oxidation sites excluding steroid dienone is 5. The van der Waals surface area contributed by atoms with Gasteiger partial charge in [-0.1, -0.05) is 31.6 Å². The normalized spacial score (nSPS) is 19.9. The highest BCUT2D eigenvalue weighted by Gasteiger charge is 2.26. The van der Waals surface area contributed by atoms with Crippen LogP contribution in [0.5, 0.6) is 0 Å². The van der Waals surface area contributed by atoms with E-state index in [0.29, 0.717) is 6.61 Å². The second-order valence-corrected chi connectivity index (χ2v) is 5.91. The van der Waals surface area contributed by atoms with E-state index in [-0.39, 0.29) is 11.4 Å². The smallest absolute Gasteiger partial charge is 0.330 e. The SMILES string of the molecule is CCO[13C](=O)/[13CH]=C(C)/C=C/C1=C(C)CCCC1(C)C. The molecular formula is C17H26O2. The summed E-state index contributed by atoms with van der Waals surface area (Å²) in [6.07, 6.45) is 9.41.